The van der Waals surface area contributed by atoms with Crippen molar-refractivity contribution >= 4 is 12.6 Å². The summed E-state index contributed by atoms with van der Waals surface area (Å²) in [7, 11) is 0. The summed E-state index contributed by atoms with van der Waals surface area (Å²) in [5.74, 6) is 0. The summed E-state index contributed by atoms with van der Waals surface area (Å²) in [6.07, 6.45) is 1.08. The van der Waals surface area contributed by atoms with E-state index in [0.29, 0.717) is 26.4 Å². The van der Waals surface area contributed by atoms with E-state index in [0.717, 1.165) is 16.7 Å². The lowest BCUT2D eigenvalue weighted by molar-refractivity contribution is -0.0731. The van der Waals surface area contributed by atoms with Crippen LogP contribution in [0.25, 0.3) is 0 Å². The van der Waals surface area contributed by atoms with Gasteiger partial charge >= 0.3 is 0 Å². The number of benzene rings is 3. The van der Waals surface area contributed by atoms with Crippen LogP contribution in [-0.2, 0) is 34.0 Å². The molecule has 3 aromatic carbocycles. The van der Waals surface area contributed by atoms with E-state index in [1.807, 2.05) is 91.0 Å². The minimum atomic E-state index is -0.354. The van der Waals surface area contributed by atoms with Crippen LogP contribution in [0.3, 0.4) is 0 Å². The molecule has 0 bridgehead atoms. The molecule has 0 amide bonds. The van der Waals surface area contributed by atoms with E-state index in [4.69, 9.17) is 26.8 Å². The Morgan fingerprint density at radius 3 is 1.61 bits per heavy atom. The summed E-state index contributed by atoms with van der Waals surface area (Å²) in [4.78, 5) is 0. The minimum Gasteiger partial charge on any atom is -0.375 e. The summed E-state index contributed by atoms with van der Waals surface area (Å²) in [6, 6.07) is 30.2. The maximum atomic E-state index is 6.25. The molecule has 4 heteroatoms. The zero-order chi connectivity index (χ0) is 21.7. The SMILES string of the molecule is C=C[C@@H](OCc1ccccc1)[C@H](OCc1ccccc1)[C@H]([S])COCc1ccccc1. The Morgan fingerprint density at radius 1 is 0.677 bits per heavy atom. The monoisotopic (exact) mass is 433 g/mol. The Balaban J connectivity index is 1.62. The van der Waals surface area contributed by atoms with Crippen molar-refractivity contribution in [3.8, 4) is 0 Å². The van der Waals surface area contributed by atoms with Crippen LogP contribution in [0.1, 0.15) is 16.7 Å². The summed E-state index contributed by atoms with van der Waals surface area (Å²) in [6.45, 7) is 5.80. The zero-order valence-corrected chi connectivity index (χ0v) is 18.5. The maximum absolute atomic E-state index is 6.25. The van der Waals surface area contributed by atoms with Crippen molar-refractivity contribution in [3.05, 3.63) is 120 Å². The van der Waals surface area contributed by atoms with Gasteiger partial charge in [0, 0.05) is 0 Å². The lowest BCUT2D eigenvalue weighted by Crippen LogP contribution is -2.40. The number of hydrogen-bond acceptors (Lipinski definition) is 3. The van der Waals surface area contributed by atoms with Gasteiger partial charge in [-0.3, -0.25) is 0 Å². The summed E-state index contributed by atoms with van der Waals surface area (Å²) >= 11 is 5.79. The maximum Gasteiger partial charge on any atom is 0.103 e. The van der Waals surface area contributed by atoms with E-state index in [-0.39, 0.29) is 17.5 Å². The van der Waals surface area contributed by atoms with E-state index in [2.05, 4.69) is 6.58 Å². The number of rotatable bonds is 13. The molecule has 0 aromatic heterocycles. The fourth-order valence-electron chi connectivity index (χ4n) is 3.21. The Labute approximate surface area is 191 Å². The lowest BCUT2D eigenvalue weighted by Gasteiger charge is -2.29. The average Bonchev–Trinajstić information content (AvgIpc) is 2.83. The van der Waals surface area contributed by atoms with Crippen molar-refractivity contribution in [2.75, 3.05) is 6.61 Å². The van der Waals surface area contributed by atoms with Gasteiger partial charge < -0.3 is 14.2 Å². The molecule has 0 N–H and O–H groups in total. The topological polar surface area (TPSA) is 27.7 Å². The van der Waals surface area contributed by atoms with Crippen LogP contribution in [0.15, 0.2) is 104 Å². The summed E-state index contributed by atoms with van der Waals surface area (Å²) < 4.78 is 18.3. The van der Waals surface area contributed by atoms with Crippen molar-refractivity contribution in [1.82, 2.24) is 0 Å². The van der Waals surface area contributed by atoms with Crippen molar-refractivity contribution in [2.45, 2.75) is 37.3 Å². The molecule has 0 heterocycles. The van der Waals surface area contributed by atoms with E-state index in [9.17, 15) is 0 Å². The van der Waals surface area contributed by atoms with E-state index >= 15 is 0 Å². The molecule has 0 aliphatic heterocycles. The first-order valence-corrected chi connectivity index (χ1v) is 10.9. The molecule has 0 spiro atoms. The molecular formula is C27H29O3S. The third-order valence-corrected chi connectivity index (χ3v) is 5.29. The Bertz CT molecular complexity index is 871. The Morgan fingerprint density at radius 2 is 1.13 bits per heavy atom. The van der Waals surface area contributed by atoms with Gasteiger partial charge in [-0.25, -0.2) is 0 Å². The lowest BCUT2D eigenvalue weighted by atomic mass is 10.1. The molecule has 0 aliphatic rings. The Kier molecular flexibility index (Phi) is 9.87. The van der Waals surface area contributed by atoms with E-state index in [1.165, 1.54) is 0 Å². The Hall–Kier alpha value is -2.37. The summed E-state index contributed by atoms with van der Waals surface area (Å²) in [5, 5.41) is -0.286. The quantitative estimate of drug-likeness (QED) is 0.304. The zero-order valence-electron chi connectivity index (χ0n) is 17.6. The van der Waals surface area contributed by atoms with Crippen LogP contribution in [-0.4, -0.2) is 24.1 Å². The van der Waals surface area contributed by atoms with Crippen LogP contribution in [0.5, 0.6) is 0 Å². The van der Waals surface area contributed by atoms with Crippen molar-refractivity contribution in [3.63, 3.8) is 0 Å². The first-order chi connectivity index (χ1) is 15.3. The fourth-order valence-corrected chi connectivity index (χ4v) is 3.54. The van der Waals surface area contributed by atoms with Gasteiger partial charge in [0.15, 0.2) is 0 Å². The highest BCUT2D eigenvalue weighted by Crippen LogP contribution is 2.20. The van der Waals surface area contributed by atoms with Gasteiger partial charge in [0.05, 0.1) is 31.7 Å². The molecule has 0 saturated heterocycles. The highest BCUT2D eigenvalue weighted by atomic mass is 32.1. The van der Waals surface area contributed by atoms with Crippen LogP contribution in [0, 0.1) is 0 Å². The molecule has 1 radical (unpaired) electrons. The molecule has 3 rings (SSSR count). The number of ether oxygens (including phenoxy) is 3. The highest BCUT2D eigenvalue weighted by Gasteiger charge is 2.28. The van der Waals surface area contributed by atoms with Crippen LogP contribution in [0.2, 0.25) is 0 Å². The third kappa shape index (κ3) is 8.00. The van der Waals surface area contributed by atoms with Crippen molar-refractivity contribution in [2.24, 2.45) is 0 Å². The normalized spacial score (nSPS) is 14.0. The second-order valence-electron chi connectivity index (χ2n) is 7.30. The van der Waals surface area contributed by atoms with Gasteiger partial charge in [0.2, 0.25) is 0 Å². The molecule has 161 valence electrons. The van der Waals surface area contributed by atoms with Crippen LogP contribution < -0.4 is 0 Å². The average molecular weight is 434 g/mol. The van der Waals surface area contributed by atoms with Gasteiger partial charge in [-0.2, -0.15) is 0 Å². The van der Waals surface area contributed by atoms with Gasteiger partial charge in [-0.1, -0.05) is 110 Å². The van der Waals surface area contributed by atoms with E-state index < -0.39 is 0 Å². The van der Waals surface area contributed by atoms with E-state index in [1.54, 1.807) is 6.08 Å². The predicted molar refractivity (Wildman–Crippen MR) is 128 cm³/mol. The molecule has 0 aliphatic carbocycles. The van der Waals surface area contributed by atoms with Gasteiger partial charge in [0.25, 0.3) is 0 Å². The standard InChI is InChI=1S/C27H29O3S/c1-2-25(29-19-23-14-8-4-9-15-23)27(30-20-24-16-10-5-11-17-24)26(31)21-28-18-22-12-6-3-7-13-22/h2-17,25-27H,1,18-21H2/t25-,26-,27+/m1/s1. The van der Waals surface area contributed by atoms with Gasteiger partial charge in [-0.15, -0.1) is 6.58 Å². The molecule has 3 nitrogen and oxygen atoms in total. The molecule has 0 fully saturated rings. The first-order valence-electron chi connectivity index (χ1n) is 10.5. The van der Waals surface area contributed by atoms with Crippen LogP contribution in [0.4, 0.5) is 0 Å². The fraction of sp³-hybridized carbons (Fsp3) is 0.259. The minimum absolute atomic E-state index is 0.286. The third-order valence-electron chi connectivity index (χ3n) is 4.89. The molecule has 31 heavy (non-hydrogen) atoms. The molecule has 3 aromatic rings. The van der Waals surface area contributed by atoms with Gasteiger partial charge in [0.1, 0.15) is 12.2 Å². The molecule has 0 saturated carbocycles. The predicted octanol–water partition coefficient (Wildman–Crippen LogP) is 6.13. The second-order valence-corrected chi connectivity index (χ2v) is 7.90. The van der Waals surface area contributed by atoms with Crippen LogP contribution >= 0.6 is 12.6 Å². The van der Waals surface area contributed by atoms with Gasteiger partial charge in [-0.05, 0) is 16.7 Å². The smallest absolute Gasteiger partial charge is 0.103 e. The number of hydrogen-bond donors (Lipinski definition) is 0. The summed E-state index contributed by atoms with van der Waals surface area (Å²) in [5.41, 5.74) is 3.30. The largest absolute Gasteiger partial charge is 0.375 e. The van der Waals surface area contributed by atoms with Crippen molar-refractivity contribution < 1.29 is 14.2 Å². The highest BCUT2D eigenvalue weighted by molar-refractivity contribution is 7.81. The first kappa shape index (κ1) is 23.3. The molecule has 3 atom stereocenters. The van der Waals surface area contributed by atoms with Crippen molar-refractivity contribution in [1.29, 1.82) is 0 Å². The second kappa shape index (κ2) is 13.1. The molecule has 0 unspecified atom stereocenters. The molecular weight excluding hydrogens is 404 g/mol.